The predicted molar refractivity (Wildman–Crippen MR) is 61.6 cm³/mol. The maximum absolute atomic E-state index is 10.9. The van der Waals surface area contributed by atoms with Crippen molar-refractivity contribution >= 4 is 22.4 Å². The van der Waals surface area contributed by atoms with Crippen molar-refractivity contribution in [2.45, 2.75) is 0 Å². The summed E-state index contributed by atoms with van der Waals surface area (Å²) in [6.07, 6.45) is 0. The number of nitrogens with two attached hydrogens (primary N) is 1. The Morgan fingerprint density at radius 1 is 1.38 bits per heavy atom. The third-order valence-corrected chi connectivity index (χ3v) is 2.30. The van der Waals surface area contributed by atoms with E-state index in [9.17, 15) is 9.90 Å². The van der Waals surface area contributed by atoms with Crippen molar-refractivity contribution in [1.29, 1.82) is 0 Å². The van der Waals surface area contributed by atoms with Gasteiger partial charge in [-0.2, -0.15) is 0 Å². The molecule has 0 unspecified atom stereocenters. The number of carbonyl (C=O) groups is 1. The first-order valence-corrected chi connectivity index (χ1v) is 4.67. The van der Waals surface area contributed by atoms with Gasteiger partial charge in [0.05, 0.1) is 16.8 Å². The Hall–Kier alpha value is -2.36. The fourth-order valence-electron chi connectivity index (χ4n) is 1.44. The molecule has 0 radical (unpaired) electrons. The van der Waals surface area contributed by atoms with E-state index in [0.29, 0.717) is 16.6 Å². The van der Waals surface area contributed by atoms with Gasteiger partial charge in [0.1, 0.15) is 5.75 Å². The van der Waals surface area contributed by atoms with Crippen molar-refractivity contribution in [3.63, 3.8) is 0 Å². The molecule has 0 aliphatic heterocycles. The summed E-state index contributed by atoms with van der Waals surface area (Å²) in [5, 5.41) is 10.4. The van der Waals surface area contributed by atoms with E-state index in [1.807, 2.05) is 0 Å². The second-order valence-corrected chi connectivity index (χ2v) is 3.39. The van der Waals surface area contributed by atoms with Crippen LogP contribution in [0.3, 0.4) is 0 Å². The lowest BCUT2D eigenvalue weighted by Gasteiger charge is -2.05. The zero-order valence-electron chi connectivity index (χ0n) is 8.47. The molecule has 0 atom stereocenters. The van der Waals surface area contributed by atoms with E-state index in [0.717, 1.165) is 0 Å². The van der Waals surface area contributed by atoms with Gasteiger partial charge in [-0.3, -0.25) is 4.79 Å². The van der Waals surface area contributed by atoms with Crippen LogP contribution in [0.15, 0.2) is 36.9 Å². The molecule has 4 heteroatoms. The largest absolute Gasteiger partial charge is 0.507 e. The highest BCUT2D eigenvalue weighted by Gasteiger charge is 2.10. The van der Waals surface area contributed by atoms with Crippen LogP contribution in [0.4, 0.5) is 0 Å². The number of carbonyl (C=O) groups excluding carboxylic acids is 1. The number of fused-ring (bicyclic) bond motifs is 1. The summed E-state index contributed by atoms with van der Waals surface area (Å²) in [5.74, 6) is -0.592. The molecule has 1 aromatic heterocycles. The zero-order chi connectivity index (χ0) is 11.7. The molecule has 0 aliphatic carbocycles. The molecule has 2 aromatic rings. The number of aromatic nitrogens is 1. The smallest absolute Gasteiger partial charge is 0.250 e. The first kappa shape index (κ1) is 10.2. The number of benzene rings is 1. The maximum atomic E-state index is 10.9. The number of hydrogen-bond donors (Lipinski definition) is 2. The van der Waals surface area contributed by atoms with Gasteiger partial charge in [0, 0.05) is 11.5 Å². The SMILES string of the molecule is C=C(C(N)=O)c1cc(O)c2ccccc2n1. The van der Waals surface area contributed by atoms with Gasteiger partial charge in [-0.1, -0.05) is 18.7 Å². The third kappa shape index (κ3) is 1.61. The third-order valence-electron chi connectivity index (χ3n) is 2.30. The van der Waals surface area contributed by atoms with Gasteiger partial charge in [-0.05, 0) is 12.1 Å². The monoisotopic (exact) mass is 214 g/mol. The average Bonchev–Trinajstić information content (AvgIpc) is 2.28. The summed E-state index contributed by atoms with van der Waals surface area (Å²) in [6, 6.07) is 8.47. The Morgan fingerprint density at radius 3 is 2.75 bits per heavy atom. The molecule has 1 heterocycles. The number of nitrogens with zero attached hydrogens (tertiary/aromatic N) is 1. The summed E-state index contributed by atoms with van der Waals surface area (Å²) in [5.41, 5.74) is 6.08. The van der Waals surface area contributed by atoms with Crippen molar-refractivity contribution in [2.75, 3.05) is 0 Å². The van der Waals surface area contributed by atoms with Gasteiger partial charge in [0.15, 0.2) is 0 Å². The van der Waals surface area contributed by atoms with Crippen LogP contribution in [-0.2, 0) is 4.79 Å². The van der Waals surface area contributed by atoms with Crippen molar-refractivity contribution < 1.29 is 9.90 Å². The number of hydrogen-bond acceptors (Lipinski definition) is 3. The molecule has 0 aliphatic rings. The minimum atomic E-state index is -0.651. The van der Waals surface area contributed by atoms with Crippen LogP contribution in [-0.4, -0.2) is 16.0 Å². The molecule has 16 heavy (non-hydrogen) atoms. The highest BCUT2D eigenvalue weighted by Crippen LogP contribution is 2.25. The van der Waals surface area contributed by atoms with Crippen molar-refractivity contribution in [1.82, 2.24) is 4.98 Å². The van der Waals surface area contributed by atoms with Crippen LogP contribution >= 0.6 is 0 Å². The van der Waals surface area contributed by atoms with Gasteiger partial charge in [-0.25, -0.2) is 4.98 Å². The van der Waals surface area contributed by atoms with Crippen LogP contribution in [0.25, 0.3) is 16.5 Å². The predicted octanol–water partition coefficient (Wildman–Crippen LogP) is 1.44. The Balaban J connectivity index is 2.67. The molecule has 1 aromatic carbocycles. The van der Waals surface area contributed by atoms with E-state index in [4.69, 9.17) is 5.73 Å². The molecule has 4 nitrogen and oxygen atoms in total. The summed E-state index contributed by atoms with van der Waals surface area (Å²) in [6.45, 7) is 3.52. The van der Waals surface area contributed by atoms with E-state index in [-0.39, 0.29) is 11.3 Å². The Morgan fingerprint density at radius 2 is 2.06 bits per heavy atom. The summed E-state index contributed by atoms with van der Waals surface area (Å²) in [7, 11) is 0. The van der Waals surface area contributed by atoms with Gasteiger partial charge < -0.3 is 10.8 Å². The maximum Gasteiger partial charge on any atom is 0.250 e. The lowest BCUT2D eigenvalue weighted by molar-refractivity contribution is -0.112. The van der Waals surface area contributed by atoms with Gasteiger partial charge in [-0.15, -0.1) is 0 Å². The Kier molecular flexibility index (Phi) is 2.32. The van der Waals surface area contributed by atoms with Crippen molar-refractivity contribution in [3.8, 4) is 5.75 Å². The number of primary amides is 1. The van der Waals surface area contributed by atoms with E-state index in [1.165, 1.54) is 6.07 Å². The summed E-state index contributed by atoms with van der Waals surface area (Å²) < 4.78 is 0. The standard InChI is InChI=1S/C12H10N2O2/c1-7(12(13)16)10-6-11(15)8-4-2-3-5-9(8)14-10/h2-6H,1H2,(H2,13,16)(H,14,15). The van der Waals surface area contributed by atoms with Crippen LogP contribution in [0.1, 0.15) is 5.69 Å². The van der Waals surface area contributed by atoms with Crippen LogP contribution in [0.2, 0.25) is 0 Å². The molecule has 80 valence electrons. The second-order valence-electron chi connectivity index (χ2n) is 3.39. The zero-order valence-corrected chi connectivity index (χ0v) is 8.47. The molecule has 3 N–H and O–H groups in total. The fourth-order valence-corrected chi connectivity index (χ4v) is 1.44. The summed E-state index contributed by atoms with van der Waals surface area (Å²) >= 11 is 0. The van der Waals surface area contributed by atoms with Crippen molar-refractivity contribution in [2.24, 2.45) is 5.73 Å². The highest BCUT2D eigenvalue weighted by atomic mass is 16.3. The van der Waals surface area contributed by atoms with Crippen LogP contribution in [0, 0.1) is 0 Å². The average molecular weight is 214 g/mol. The topological polar surface area (TPSA) is 76.2 Å². The molecule has 1 amide bonds. The number of amides is 1. The first-order chi connectivity index (χ1) is 7.59. The van der Waals surface area contributed by atoms with Crippen LogP contribution < -0.4 is 5.73 Å². The van der Waals surface area contributed by atoms with Gasteiger partial charge in [0.25, 0.3) is 0 Å². The fraction of sp³-hybridized carbons (Fsp3) is 0. The number of pyridine rings is 1. The molecule has 0 saturated heterocycles. The number of aromatic hydroxyl groups is 1. The molecular formula is C12H10N2O2. The minimum Gasteiger partial charge on any atom is -0.507 e. The first-order valence-electron chi connectivity index (χ1n) is 4.67. The normalized spacial score (nSPS) is 10.2. The quantitative estimate of drug-likeness (QED) is 0.742. The molecule has 0 bridgehead atoms. The van der Waals surface area contributed by atoms with Crippen LogP contribution in [0.5, 0.6) is 5.75 Å². The lowest BCUT2D eigenvalue weighted by atomic mass is 10.1. The highest BCUT2D eigenvalue weighted by molar-refractivity contribution is 6.17. The van der Waals surface area contributed by atoms with Crippen molar-refractivity contribution in [3.05, 3.63) is 42.6 Å². The van der Waals surface area contributed by atoms with E-state index in [1.54, 1.807) is 24.3 Å². The summed E-state index contributed by atoms with van der Waals surface area (Å²) in [4.78, 5) is 15.1. The second kappa shape index (κ2) is 3.66. The minimum absolute atomic E-state index is 0.0583. The lowest BCUT2D eigenvalue weighted by Crippen LogP contribution is -2.12. The Labute approximate surface area is 92.0 Å². The van der Waals surface area contributed by atoms with E-state index in [2.05, 4.69) is 11.6 Å². The van der Waals surface area contributed by atoms with Gasteiger partial charge >= 0.3 is 0 Å². The van der Waals surface area contributed by atoms with E-state index < -0.39 is 5.91 Å². The van der Waals surface area contributed by atoms with Gasteiger partial charge in [0.2, 0.25) is 5.91 Å². The number of rotatable bonds is 2. The molecule has 0 spiro atoms. The molecular weight excluding hydrogens is 204 g/mol. The van der Waals surface area contributed by atoms with E-state index >= 15 is 0 Å². The molecule has 0 fully saturated rings. The number of para-hydroxylation sites is 1. The molecule has 0 saturated carbocycles. The molecule has 2 rings (SSSR count). The Bertz CT molecular complexity index is 591.